The lowest BCUT2D eigenvalue weighted by molar-refractivity contribution is 0.0835. The summed E-state index contributed by atoms with van der Waals surface area (Å²) in [5, 5.41) is 0. The van der Waals surface area contributed by atoms with E-state index in [9.17, 15) is 4.79 Å². The Balaban J connectivity index is 1.82. The number of ketones is 1. The van der Waals surface area contributed by atoms with Crippen LogP contribution in [0.1, 0.15) is 52.7 Å². The SMILES string of the molecule is O=C(c1ccccc1)[C@H](c1ccccc1)[C@@H](c1ccccc1)N1CCCCC1. The molecule has 0 amide bonds. The Hall–Kier alpha value is -2.71. The number of rotatable bonds is 6. The summed E-state index contributed by atoms with van der Waals surface area (Å²) in [7, 11) is 0. The van der Waals surface area contributed by atoms with Gasteiger partial charge in [0, 0.05) is 11.6 Å². The smallest absolute Gasteiger partial charge is 0.172 e. The van der Waals surface area contributed by atoms with Crippen molar-refractivity contribution >= 4 is 5.78 Å². The first kappa shape index (κ1) is 18.6. The molecule has 4 rings (SSSR count). The van der Waals surface area contributed by atoms with Crippen LogP contribution in [0, 0.1) is 0 Å². The average molecular weight is 370 g/mol. The van der Waals surface area contributed by atoms with Crippen molar-refractivity contribution in [2.75, 3.05) is 13.1 Å². The minimum absolute atomic E-state index is 0.0524. The van der Waals surface area contributed by atoms with Gasteiger partial charge < -0.3 is 0 Å². The molecule has 1 aliphatic heterocycles. The molecule has 3 aromatic rings. The van der Waals surface area contributed by atoms with E-state index in [-0.39, 0.29) is 17.7 Å². The first-order chi connectivity index (χ1) is 13.8. The van der Waals surface area contributed by atoms with Crippen molar-refractivity contribution in [1.29, 1.82) is 0 Å². The quantitative estimate of drug-likeness (QED) is 0.506. The van der Waals surface area contributed by atoms with Crippen LogP contribution in [0.15, 0.2) is 91.0 Å². The molecular weight excluding hydrogens is 342 g/mol. The lowest BCUT2D eigenvalue weighted by atomic mass is 9.80. The largest absolute Gasteiger partial charge is 0.295 e. The Morgan fingerprint density at radius 1 is 0.643 bits per heavy atom. The molecule has 0 unspecified atom stereocenters. The molecule has 2 heteroatoms. The maximum atomic E-state index is 13.8. The molecule has 1 fully saturated rings. The van der Waals surface area contributed by atoms with E-state index in [0.29, 0.717) is 0 Å². The van der Waals surface area contributed by atoms with Crippen molar-refractivity contribution in [3.05, 3.63) is 108 Å². The van der Waals surface area contributed by atoms with Crippen LogP contribution in [0.25, 0.3) is 0 Å². The molecule has 2 nitrogen and oxygen atoms in total. The molecule has 0 radical (unpaired) electrons. The molecule has 3 aromatic carbocycles. The maximum Gasteiger partial charge on any atom is 0.172 e. The van der Waals surface area contributed by atoms with Crippen molar-refractivity contribution in [1.82, 2.24) is 4.90 Å². The molecule has 1 saturated heterocycles. The van der Waals surface area contributed by atoms with Gasteiger partial charge in [-0.3, -0.25) is 9.69 Å². The van der Waals surface area contributed by atoms with Crippen LogP contribution in [0.4, 0.5) is 0 Å². The van der Waals surface area contributed by atoms with Crippen LogP contribution in [-0.2, 0) is 0 Å². The van der Waals surface area contributed by atoms with Crippen LogP contribution in [-0.4, -0.2) is 23.8 Å². The Morgan fingerprint density at radius 3 is 1.71 bits per heavy atom. The third-order valence-electron chi connectivity index (χ3n) is 5.74. The zero-order valence-corrected chi connectivity index (χ0v) is 16.2. The van der Waals surface area contributed by atoms with Gasteiger partial charge >= 0.3 is 0 Å². The number of hydrogen-bond donors (Lipinski definition) is 0. The summed E-state index contributed by atoms with van der Waals surface area (Å²) in [5.74, 6) is -0.0182. The Bertz CT molecular complexity index is 870. The zero-order chi connectivity index (χ0) is 19.2. The van der Waals surface area contributed by atoms with Crippen molar-refractivity contribution in [3.63, 3.8) is 0 Å². The summed E-state index contributed by atoms with van der Waals surface area (Å²) >= 11 is 0. The predicted octanol–water partition coefficient (Wildman–Crippen LogP) is 5.88. The van der Waals surface area contributed by atoms with Gasteiger partial charge in [-0.1, -0.05) is 97.4 Å². The summed E-state index contributed by atoms with van der Waals surface area (Å²) in [5.41, 5.74) is 3.10. The number of carbonyl (C=O) groups excluding carboxylic acids is 1. The fourth-order valence-electron chi connectivity index (χ4n) is 4.38. The number of carbonyl (C=O) groups is 1. The second-order valence-electron chi connectivity index (χ2n) is 7.57. The molecule has 28 heavy (non-hydrogen) atoms. The lowest BCUT2D eigenvalue weighted by Gasteiger charge is -2.39. The molecule has 0 N–H and O–H groups in total. The van der Waals surface area contributed by atoms with Crippen molar-refractivity contribution in [3.8, 4) is 0 Å². The van der Waals surface area contributed by atoms with E-state index in [2.05, 4.69) is 41.3 Å². The zero-order valence-electron chi connectivity index (χ0n) is 16.2. The molecule has 0 bridgehead atoms. The number of benzene rings is 3. The monoisotopic (exact) mass is 369 g/mol. The minimum atomic E-state index is -0.218. The molecule has 0 aliphatic carbocycles. The predicted molar refractivity (Wildman–Crippen MR) is 115 cm³/mol. The third kappa shape index (κ3) is 4.07. The van der Waals surface area contributed by atoms with Crippen LogP contribution in [0.3, 0.4) is 0 Å². The van der Waals surface area contributed by atoms with Crippen molar-refractivity contribution in [2.45, 2.75) is 31.2 Å². The second-order valence-corrected chi connectivity index (χ2v) is 7.57. The van der Waals surface area contributed by atoms with Gasteiger partial charge in [0.15, 0.2) is 5.78 Å². The summed E-state index contributed by atoms with van der Waals surface area (Å²) in [6.07, 6.45) is 3.68. The fraction of sp³-hybridized carbons (Fsp3) is 0.269. The highest BCUT2D eigenvalue weighted by Gasteiger charge is 2.36. The van der Waals surface area contributed by atoms with Gasteiger partial charge in [0.25, 0.3) is 0 Å². The van der Waals surface area contributed by atoms with E-state index >= 15 is 0 Å². The average Bonchev–Trinajstić information content (AvgIpc) is 2.79. The summed E-state index contributed by atoms with van der Waals surface area (Å²) in [4.78, 5) is 16.3. The molecule has 2 atom stereocenters. The summed E-state index contributed by atoms with van der Waals surface area (Å²) in [6.45, 7) is 2.09. The molecule has 0 aromatic heterocycles. The number of likely N-dealkylation sites (tertiary alicyclic amines) is 1. The van der Waals surface area contributed by atoms with E-state index in [1.54, 1.807) is 0 Å². The standard InChI is InChI=1S/C26H27NO/c28-26(23-17-9-3-10-18-23)24(21-13-5-1-6-14-21)25(22-15-7-2-8-16-22)27-19-11-4-12-20-27/h1-3,5-10,13-18,24-25H,4,11-12,19-20H2/t24-,25-/m1/s1. The normalized spacial score (nSPS) is 17.0. The topological polar surface area (TPSA) is 20.3 Å². The van der Waals surface area contributed by atoms with Crippen LogP contribution >= 0.6 is 0 Å². The molecule has 0 saturated carbocycles. The van der Waals surface area contributed by atoms with E-state index in [1.165, 1.54) is 24.8 Å². The molecule has 1 aliphatic rings. The van der Waals surface area contributed by atoms with E-state index in [0.717, 1.165) is 24.2 Å². The first-order valence-electron chi connectivity index (χ1n) is 10.3. The highest BCUT2D eigenvalue weighted by Crippen LogP contribution is 2.39. The van der Waals surface area contributed by atoms with Crippen LogP contribution in [0.5, 0.6) is 0 Å². The molecular formula is C26H27NO. The van der Waals surface area contributed by atoms with E-state index < -0.39 is 0 Å². The third-order valence-corrected chi connectivity index (χ3v) is 5.74. The Kier molecular flexibility index (Phi) is 5.98. The minimum Gasteiger partial charge on any atom is -0.295 e. The highest BCUT2D eigenvalue weighted by molar-refractivity contribution is 6.01. The highest BCUT2D eigenvalue weighted by atomic mass is 16.1. The van der Waals surface area contributed by atoms with Crippen LogP contribution in [0.2, 0.25) is 0 Å². The van der Waals surface area contributed by atoms with Gasteiger partial charge in [0.05, 0.1) is 5.92 Å². The van der Waals surface area contributed by atoms with E-state index in [1.807, 2.05) is 54.6 Å². The number of nitrogens with zero attached hydrogens (tertiary/aromatic N) is 1. The van der Waals surface area contributed by atoms with Crippen molar-refractivity contribution in [2.24, 2.45) is 0 Å². The summed E-state index contributed by atoms with van der Waals surface area (Å²) in [6, 6.07) is 30.7. The number of hydrogen-bond acceptors (Lipinski definition) is 2. The van der Waals surface area contributed by atoms with E-state index in [4.69, 9.17) is 0 Å². The molecule has 1 heterocycles. The Labute approximate surface area is 167 Å². The van der Waals surface area contributed by atoms with Gasteiger partial charge in [-0.25, -0.2) is 0 Å². The Morgan fingerprint density at radius 2 is 1.14 bits per heavy atom. The number of Topliss-reactive ketones (excluding diaryl/α,β-unsaturated/α-hetero) is 1. The molecule has 0 spiro atoms. The van der Waals surface area contributed by atoms with Gasteiger partial charge in [-0.05, 0) is 37.1 Å². The first-order valence-corrected chi connectivity index (χ1v) is 10.3. The van der Waals surface area contributed by atoms with Gasteiger partial charge in [-0.2, -0.15) is 0 Å². The van der Waals surface area contributed by atoms with Gasteiger partial charge in [0.1, 0.15) is 0 Å². The second kappa shape index (κ2) is 8.99. The van der Waals surface area contributed by atoms with Gasteiger partial charge in [0.2, 0.25) is 0 Å². The lowest BCUT2D eigenvalue weighted by Crippen LogP contribution is -2.39. The maximum absolute atomic E-state index is 13.8. The summed E-state index contributed by atoms with van der Waals surface area (Å²) < 4.78 is 0. The van der Waals surface area contributed by atoms with Gasteiger partial charge in [-0.15, -0.1) is 0 Å². The molecule has 142 valence electrons. The number of piperidine rings is 1. The van der Waals surface area contributed by atoms with Crippen molar-refractivity contribution < 1.29 is 4.79 Å². The van der Waals surface area contributed by atoms with Crippen LogP contribution < -0.4 is 0 Å². The fourth-order valence-corrected chi connectivity index (χ4v) is 4.38.